The van der Waals surface area contributed by atoms with Crippen molar-refractivity contribution in [1.82, 2.24) is 4.90 Å². The van der Waals surface area contributed by atoms with Gasteiger partial charge in [-0.2, -0.15) is 0 Å². The van der Waals surface area contributed by atoms with Gasteiger partial charge in [0.1, 0.15) is 11.4 Å². The third-order valence-electron chi connectivity index (χ3n) is 5.65. The minimum atomic E-state index is -0.507. The Hall–Kier alpha value is -1.84. The van der Waals surface area contributed by atoms with E-state index in [4.69, 9.17) is 4.74 Å². The van der Waals surface area contributed by atoms with Gasteiger partial charge in [0.25, 0.3) is 0 Å². The van der Waals surface area contributed by atoms with E-state index in [0.29, 0.717) is 17.7 Å². The molecule has 3 atom stereocenters. The van der Waals surface area contributed by atoms with Crippen LogP contribution in [0.5, 0.6) is 5.75 Å². The van der Waals surface area contributed by atoms with Crippen molar-refractivity contribution in [2.24, 2.45) is 5.92 Å². The molecule has 4 nitrogen and oxygen atoms in total. The van der Waals surface area contributed by atoms with Gasteiger partial charge < -0.3 is 9.64 Å². The fourth-order valence-corrected chi connectivity index (χ4v) is 4.64. The summed E-state index contributed by atoms with van der Waals surface area (Å²) in [5, 5.41) is 0. The number of rotatable bonds is 1. The van der Waals surface area contributed by atoms with Crippen molar-refractivity contribution in [2.75, 3.05) is 0 Å². The number of carbonyl (C=O) groups is 2. The Kier molecular flexibility index (Phi) is 3.09. The molecule has 0 N–H and O–H groups in total. The van der Waals surface area contributed by atoms with Gasteiger partial charge in [0, 0.05) is 18.4 Å². The molecule has 2 saturated heterocycles. The second kappa shape index (κ2) is 4.83. The highest BCUT2D eigenvalue weighted by molar-refractivity contribution is 6.00. The van der Waals surface area contributed by atoms with Gasteiger partial charge in [-0.25, -0.2) is 0 Å². The van der Waals surface area contributed by atoms with Gasteiger partial charge in [-0.1, -0.05) is 25.5 Å². The molecule has 0 aliphatic carbocycles. The molecule has 1 amide bonds. The van der Waals surface area contributed by atoms with Gasteiger partial charge in [-0.15, -0.1) is 0 Å². The van der Waals surface area contributed by atoms with Crippen molar-refractivity contribution in [3.05, 3.63) is 29.3 Å². The van der Waals surface area contributed by atoms with E-state index in [2.05, 4.69) is 0 Å². The number of benzene rings is 1. The second-order valence-electron chi connectivity index (χ2n) is 7.62. The zero-order valence-electron chi connectivity index (χ0n) is 14.0. The summed E-state index contributed by atoms with van der Waals surface area (Å²) in [7, 11) is 0. The number of amides is 1. The highest BCUT2D eigenvalue weighted by Gasteiger charge is 2.61. The molecule has 1 aromatic rings. The van der Waals surface area contributed by atoms with E-state index in [1.165, 1.54) is 0 Å². The molecule has 1 spiro atoms. The topological polar surface area (TPSA) is 46.6 Å². The maximum atomic E-state index is 12.7. The average Bonchev–Trinajstić information content (AvgIpc) is 3.02. The number of ketones is 1. The lowest BCUT2D eigenvalue weighted by atomic mass is 9.78. The number of hydrogen-bond acceptors (Lipinski definition) is 3. The largest absolute Gasteiger partial charge is 0.484 e. The van der Waals surface area contributed by atoms with Gasteiger partial charge >= 0.3 is 0 Å². The van der Waals surface area contributed by atoms with Crippen LogP contribution in [0, 0.1) is 12.8 Å². The number of carbonyl (C=O) groups excluding carboxylic acids is 2. The molecule has 122 valence electrons. The number of ether oxygens (including phenoxy) is 1. The van der Waals surface area contributed by atoms with E-state index in [9.17, 15) is 9.59 Å². The molecule has 2 bridgehead atoms. The lowest BCUT2D eigenvalue weighted by Crippen LogP contribution is -2.52. The minimum absolute atomic E-state index is 0.0116. The van der Waals surface area contributed by atoms with Crippen LogP contribution in [0.4, 0.5) is 0 Å². The maximum absolute atomic E-state index is 12.7. The first-order valence-electron chi connectivity index (χ1n) is 8.56. The molecule has 1 aromatic carbocycles. The van der Waals surface area contributed by atoms with Gasteiger partial charge in [-0.05, 0) is 31.9 Å². The Bertz CT molecular complexity index is 696. The van der Waals surface area contributed by atoms with Gasteiger partial charge in [0.15, 0.2) is 5.78 Å². The molecule has 4 rings (SSSR count). The van der Waals surface area contributed by atoms with Crippen LogP contribution in [0.15, 0.2) is 18.2 Å². The Balaban J connectivity index is 1.70. The van der Waals surface area contributed by atoms with Crippen LogP contribution in [0.3, 0.4) is 0 Å². The summed E-state index contributed by atoms with van der Waals surface area (Å²) in [6.07, 6.45) is 3.16. The molecule has 3 aliphatic rings. The Morgan fingerprint density at radius 3 is 2.87 bits per heavy atom. The van der Waals surface area contributed by atoms with E-state index in [0.717, 1.165) is 24.8 Å². The summed E-state index contributed by atoms with van der Waals surface area (Å²) < 4.78 is 6.39. The highest BCUT2D eigenvalue weighted by atomic mass is 16.5. The quantitative estimate of drug-likeness (QED) is 0.800. The van der Waals surface area contributed by atoms with Crippen LogP contribution in [-0.2, 0) is 4.79 Å². The number of fused-ring (bicyclic) bond motifs is 4. The molecular weight excluding hydrogens is 290 g/mol. The average molecular weight is 313 g/mol. The van der Waals surface area contributed by atoms with Crippen molar-refractivity contribution >= 4 is 11.7 Å². The Morgan fingerprint density at radius 2 is 2.13 bits per heavy atom. The van der Waals surface area contributed by atoms with Crippen LogP contribution in [0.2, 0.25) is 0 Å². The summed E-state index contributed by atoms with van der Waals surface area (Å²) in [6.45, 7) is 5.87. The van der Waals surface area contributed by atoms with Crippen molar-refractivity contribution in [2.45, 2.75) is 64.1 Å². The molecule has 3 aliphatic heterocycles. The number of nitrogens with zero attached hydrogens (tertiary/aromatic N) is 1. The summed E-state index contributed by atoms with van der Waals surface area (Å²) in [5.41, 5.74) is 1.26. The zero-order valence-corrected chi connectivity index (χ0v) is 14.0. The first kappa shape index (κ1) is 14.7. The fraction of sp³-hybridized carbons (Fsp3) is 0.579. The molecule has 23 heavy (non-hydrogen) atoms. The summed E-state index contributed by atoms with van der Waals surface area (Å²) >= 11 is 0. The molecule has 2 fully saturated rings. The van der Waals surface area contributed by atoms with Crippen LogP contribution in [0.1, 0.15) is 55.5 Å². The third kappa shape index (κ3) is 2.03. The molecule has 3 heterocycles. The predicted octanol–water partition coefficient (Wildman–Crippen LogP) is 3.12. The normalized spacial score (nSPS) is 31.7. The fourth-order valence-electron chi connectivity index (χ4n) is 4.64. The van der Waals surface area contributed by atoms with E-state index in [-0.39, 0.29) is 29.7 Å². The maximum Gasteiger partial charge on any atom is 0.225 e. The van der Waals surface area contributed by atoms with Crippen molar-refractivity contribution in [1.29, 1.82) is 0 Å². The molecule has 0 unspecified atom stereocenters. The van der Waals surface area contributed by atoms with E-state index < -0.39 is 5.60 Å². The lowest BCUT2D eigenvalue weighted by Gasteiger charge is -2.40. The van der Waals surface area contributed by atoms with E-state index in [1.807, 2.05) is 43.9 Å². The zero-order chi connectivity index (χ0) is 16.4. The predicted molar refractivity (Wildman–Crippen MR) is 86.6 cm³/mol. The van der Waals surface area contributed by atoms with Crippen molar-refractivity contribution < 1.29 is 14.3 Å². The standard InChI is InChI=1S/C19H23NO3/c1-11(2)18(22)20-13-5-7-17(20)19(9-13)10-15(21)14-8-12(3)4-6-16(14)23-19/h4,6,8,11,13,17H,5,7,9-10H2,1-3H3/t13-,17+,19+/m1/s1. The van der Waals surface area contributed by atoms with Gasteiger partial charge in [0.2, 0.25) is 5.91 Å². The lowest BCUT2D eigenvalue weighted by molar-refractivity contribution is -0.137. The Labute approximate surface area is 136 Å². The molecule has 0 saturated carbocycles. The van der Waals surface area contributed by atoms with Crippen LogP contribution < -0.4 is 4.74 Å². The third-order valence-corrected chi connectivity index (χ3v) is 5.65. The van der Waals surface area contributed by atoms with Crippen molar-refractivity contribution in [3.8, 4) is 5.75 Å². The highest BCUT2D eigenvalue weighted by Crippen LogP contribution is 2.51. The molecule has 0 radical (unpaired) electrons. The van der Waals surface area contributed by atoms with Crippen molar-refractivity contribution in [3.63, 3.8) is 0 Å². The van der Waals surface area contributed by atoms with Crippen LogP contribution in [-0.4, -0.2) is 34.3 Å². The molecule has 4 heteroatoms. The first-order valence-corrected chi connectivity index (χ1v) is 8.56. The smallest absolute Gasteiger partial charge is 0.225 e. The summed E-state index contributed by atoms with van der Waals surface area (Å²) in [5.74, 6) is 1.03. The van der Waals surface area contributed by atoms with Crippen LogP contribution >= 0.6 is 0 Å². The molecular formula is C19H23NO3. The monoisotopic (exact) mass is 313 g/mol. The summed E-state index contributed by atoms with van der Waals surface area (Å²) in [4.78, 5) is 27.3. The minimum Gasteiger partial charge on any atom is -0.484 e. The van der Waals surface area contributed by atoms with Crippen LogP contribution in [0.25, 0.3) is 0 Å². The number of aryl methyl sites for hydroxylation is 1. The van der Waals surface area contributed by atoms with Gasteiger partial charge in [-0.3, -0.25) is 9.59 Å². The summed E-state index contributed by atoms with van der Waals surface area (Å²) in [6, 6.07) is 6.07. The van der Waals surface area contributed by atoms with Gasteiger partial charge in [0.05, 0.1) is 18.0 Å². The molecule has 0 aromatic heterocycles. The number of Topliss-reactive ketones (excluding diaryl/α,β-unsaturated/α-hetero) is 1. The second-order valence-corrected chi connectivity index (χ2v) is 7.62. The first-order chi connectivity index (χ1) is 10.9. The Morgan fingerprint density at radius 1 is 1.35 bits per heavy atom. The number of hydrogen-bond donors (Lipinski definition) is 0. The van der Waals surface area contributed by atoms with E-state index in [1.54, 1.807) is 0 Å². The SMILES string of the molecule is Cc1ccc2c(c1)C(=O)C[C@]1(C[C@H]3CC[C@@H]1N3C(=O)C(C)C)O2. The van der Waals surface area contributed by atoms with E-state index >= 15 is 0 Å².